The summed E-state index contributed by atoms with van der Waals surface area (Å²) in [5.41, 5.74) is 0.901. The Balaban J connectivity index is 1.97. The third kappa shape index (κ3) is 6.41. The lowest BCUT2D eigenvalue weighted by atomic mass is 10.0. The van der Waals surface area contributed by atoms with E-state index < -0.39 is 10.0 Å². The number of nitrogens with one attached hydrogen (secondary N) is 1. The molecule has 0 unspecified atom stereocenters. The van der Waals surface area contributed by atoms with E-state index in [9.17, 15) is 18.3 Å². The van der Waals surface area contributed by atoms with Gasteiger partial charge in [-0.15, -0.1) is 0 Å². The zero-order valence-corrected chi connectivity index (χ0v) is 21.4. The molecule has 0 saturated carbocycles. The van der Waals surface area contributed by atoms with Crippen molar-refractivity contribution in [3.63, 3.8) is 0 Å². The van der Waals surface area contributed by atoms with Gasteiger partial charge in [-0.1, -0.05) is 18.5 Å². The predicted octanol–water partition coefficient (Wildman–Crippen LogP) is 2.85. The van der Waals surface area contributed by atoms with Gasteiger partial charge in [0.1, 0.15) is 11.9 Å². The number of carbonyl (C=O) groups is 1. The van der Waals surface area contributed by atoms with Gasteiger partial charge in [0.15, 0.2) is 0 Å². The summed E-state index contributed by atoms with van der Waals surface area (Å²) in [5, 5.41) is 10.1. The molecule has 0 radical (unpaired) electrons. The maximum Gasteiger partial charge on any atom is 0.261 e. The van der Waals surface area contributed by atoms with Crippen LogP contribution in [0.3, 0.4) is 0 Å². The molecule has 1 amide bonds. The van der Waals surface area contributed by atoms with Crippen LogP contribution < -0.4 is 9.46 Å². The van der Waals surface area contributed by atoms with Crippen molar-refractivity contribution in [2.75, 3.05) is 38.5 Å². The number of hydrogen-bond donors (Lipinski definition) is 2. The van der Waals surface area contributed by atoms with Gasteiger partial charge in [0.25, 0.3) is 10.0 Å². The molecule has 186 valence electrons. The molecule has 1 aliphatic heterocycles. The number of amides is 1. The van der Waals surface area contributed by atoms with Crippen molar-refractivity contribution in [3.05, 3.63) is 53.1 Å². The highest BCUT2D eigenvalue weighted by Gasteiger charge is 2.31. The van der Waals surface area contributed by atoms with Crippen molar-refractivity contribution >= 4 is 33.2 Å². The van der Waals surface area contributed by atoms with Crippen molar-refractivity contribution in [1.82, 2.24) is 9.80 Å². The Morgan fingerprint density at radius 1 is 1.24 bits per heavy atom. The summed E-state index contributed by atoms with van der Waals surface area (Å²) in [4.78, 5) is 17.0. The molecule has 0 aromatic heterocycles. The second-order valence-corrected chi connectivity index (χ2v) is 11.2. The highest BCUT2D eigenvalue weighted by atomic mass is 35.5. The van der Waals surface area contributed by atoms with Crippen LogP contribution >= 0.6 is 11.6 Å². The topological polar surface area (TPSA) is 99.2 Å². The molecule has 1 heterocycles. The Labute approximate surface area is 206 Å². The van der Waals surface area contributed by atoms with Gasteiger partial charge in [-0.2, -0.15) is 0 Å². The average molecular weight is 510 g/mol. The van der Waals surface area contributed by atoms with Crippen LogP contribution in [0, 0.1) is 5.92 Å². The molecule has 2 aromatic carbocycles. The summed E-state index contributed by atoms with van der Waals surface area (Å²) in [6.45, 7) is 4.77. The largest absolute Gasteiger partial charge is 0.488 e. The molecule has 0 bridgehead atoms. The Hall–Kier alpha value is -2.33. The number of halogens is 1. The molecular formula is C24H32ClN3O5S. The number of aliphatic hydroxyl groups is 1. The van der Waals surface area contributed by atoms with E-state index in [2.05, 4.69) is 4.72 Å². The van der Waals surface area contributed by atoms with E-state index in [0.29, 0.717) is 35.1 Å². The minimum absolute atomic E-state index is 0.00869. The molecule has 10 heteroatoms. The van der Waals surface area contributed by atoms with E-state index in [4.69, 9.17) is 16.3 Å². The van der Waals surface area contributed by atoms with Gasteiger partial charge in [0.2, 0.25) is 5.91 Å². The van der Waals surface area contributed by atoms with Crippen LogP contribution in [0.2, 0.25) is 5.02 Å². The van der Waals surface area contributed by atoms with E-state index in [1.165, 1.54) is 24.3 Å². The summed E-state index contributed by atoms with van der Waals surface area (Å²) in [5.74, 6) is 0.399. The quantitative estimate of drug-likeness (QED) is 0.595. The number of fused-ring (bicyclic) bond motifs is 1. The van der Waals surface area contributed by atoms with Crippen molar-refractivity contribution in [1.29, 1.82) is 0 Å². The number of sulfonamides is 1. The lowest BCUT2D eigenvalue weighted by Gasteiger charge is -2.33. The first-order valence-electron chi connectivity index (χ1n) is 11.1. The van der Waals surface area contributed by atoms with Crippen molar-refractivity contribution in [3.8, 4) is 5.75 Å². The normalized spacial score (nSPS) is 20.1. The number of anilines is 1. The fourth-order valence-corrected chi connectivity index (χ4v) is 5.07. The first-order valence-corrected chi connectivity index (χ1v) is 13.0. The highest BCUT2D eigenvalue weighted by Crippen LogP contribution is 2.30. The molecule has 3 rings (SSSR count). The van der Waals surface area contributed by atoms with Gasteiger partial charge < -0.3 is 19.6 Å². The third-order valence-corrected chi connectivity index (χ3v) is 7.49. The van der Waals surface area contributed by atoms with Crippen LogP contribution in [0.4, 0.5) is 5.69 Å². The molecule has 1 aliphatic rings. The third-order valence-electron chi connectivity index (χ3n) is 5.84. The maximum atomic E-state index is 13.2. The van der Waals surface area contributed by atoms with Gasteiger partial charge in [-0.25, -0.2) is 8.42 Å². The van der Waals surface area contributed by atoms with E-state index in [1.54, 1.807) is 23.1 Å². The molecule has 0 aliphatic carbocycles. The molecule has 8 nitrogen and oxygen atoms in total. The van der Waals surface area contributed by atoms with Gasteiger partial charge >= 0.3 is 0 Å². The Kier molecular flexibility index (Phi) is 8.46. The second-order valence-electron chi connectivity index (χ2n) is 9.03. The van der Waals surface area contributed by atoms with E-state index in [1.807, 2.05) is 32.8 Å². The van der Waals surface area contributed by atoms with Crippen LogP contribution in [0.25, 0.3) is 0 Å². The lowest BCUT2D eigenvalue weighted by molar-refractivity contribution is -0.134. The Morgan fingerprint density at radius 2 is 1.91 bits per heavy atom. The Bertz CT molecular complexity index is 1110. The first-order chi connectivity index (χ1) is 16.0. The SMILES string of the molecule is C[C@H]1CN([C@@H](C)CO)C(=O)Cc2cc(NS(=O)(=O)c3ccc(Cl)cc3)ccc2O[C@H]1CN(C)C. The number of rotatable bonds is 7. The summed E-state index contributed by atoms with van der Waals surface area (Å²) >= 11 is 5.87. The molecule has 34 heavy (non-hydrogen) atoms. The number of ether oxygens (including phenoxy) is 1. The van der Waals surface area contributed by atoms with Crippen molar-refractivity contribution in [2.45, 2.75) is 37.3 Å². The van der Waals surface area contributed by atoms with E-state index in [-0.39, 0.29) is 41.9 Å². The number of likely N-dealkylation sites (N-methyl/N-ethyl adjacent to an activating group) is 1. The molecule has 0 spiro atoms. The summed E-state index contributed by atoms with van der Waals surface area (Å²) in [6.07, 6.45) is -0.179. The molecule has 3 atom stereocenters. The molecule has 2 N–H and O–H groups in total. The van der Waals surface area contributed by atoms with Crippen LogP contribution in [0.5, 0.6) is 5.75 Å². The summed E-state index contributed by atoms with van der Waals surface area (Å²) < 4.78 is 34.6. The molecular weight excluding hydrogens is 478 g/mol. The summed E-state index contributed by atoms with van der Waals surface area (Å²) in [6, 6.07) is 10.5. The van der Waals surface area contributed by atoms with Gasteiger partial charge in [-0.05, 0) is 63.5 Å². The highest BCUT2D eigenvalue weighted by molar-refractivity contribution is 7.92. The smallest absolute Gasteiger partial charge is 0.261 e. The molecule has 2 aromatic rings. The van der Waals surface area contributed by atoms with Gasteiger partial charge in [0.05, 0.1) is 24.0 Å². The predicted molar refractivity (Wildman–Crippen MR) is 133 cm³/mol. The van der Waals surface area contributed by atoms with Crippen molar-refractivity contribution in [2.24, 2.45) is 5.92 Å². The van der Waals surface area contributed by atoms with Gasteiger partial charge in [-0.3, -0.25) is 9.52 Å². The standard InChI is InChI=1S/C24H32ClN3O5S/c1-16-13-28(17(2)15-29)24(30)12-18-11-20(7-10-22(18)33-23(16)14-27(3)4)26-34(31,32)21-8-5-19(25)6-9-21/h5-11,16-17,23,26,29H,12-15H2,1-4H3/t16-,17-,23-/m0/s1. The first kappa shape index (κ1) is 26.3. The zero-order chi connectivity index (χ0) is 25.0. The second kappa shape index (κ2) is 10.9. The number of nitrogens with zero attached hydrogens (tertiary/aromatic N) is 2. The molecule has 0 fully saturated rings. The zero-order valence-electron chi connectivity index (χ0n) is 19.9. The number of carbonyl (C=O) groups excluding carboxylic acids is 1. The average Bonchev–Trinajstić information content (AvgIpc) is 2.81. The fraction of sp³-hybridized carbons (Fsp3) is 0.458. The van der Waals surface area contributed by atoms with Gasteiger partial charge in [0, 0.05) is 35.3 Å². The lowest BCUT2D eigenvalue weighted by Crippen LogP contribution is -2.47. The molecule has 0 saturated heterocycles. The van der Waals surface area contributed by atoms with Crippen LogP contribution in [0.15, 0.2) is 47.4 Å². The minimum Gasteiger partial charge on any atom is -0.488 e. The van der Waals surface area contributed by atoms with E-state index in [0.717, 1.165) is 0 Å². The van der Waals surface area contributed by atoms with Crippen molar-refractivity contribution < 1.29 is 23.1 Å². The maximum absolute atomic E-state index is 13.2. The minimum atomic E-state index is -3.84. The van der Waals surface area contributed by atoms with E-state index >= 15 is 0 Å². The number of benzene rings is 2. The Morgan fingerprint density at radius 3 is 2.53 bits per heavy atom. The summed E-state index contributed by atoms with van der Waals surface area (Å²) in [7, 11) is 0.0700. The fourth-order valence-electron chi connectivity index (χ4n) is 3.90. The van der Waals surface area contributed by atoms with Crippen LogP contribution in [-0.4, -0.2) is 75.2 Å². The van der Waals surface area contributed by atoms with Crippen LogP contribution in [0.1, 0.15) is 19.4 Å². The number of hydrogen-bond acceptors (Lipinski definition) is 6. The monoisotopic (exact) mass is 509 g/mol. The number of aliphatic hydroxyl groups excluding tert-OH is 1. The van der Waals surface area contributed by atoms with Crippen LogP contribution in [-0.2, 0) is 21.2 Å².